The monoisotopic (exact) mass is 656 g/mol. The molecule has 1 aliphatic carbocycles. The molecule has 0 spiro atoms. The topological polar surface area (TPSA) is 171 Å². The van der Waals surface area contributed by atoms with Gasteiger partial charge in [-0.25, -0.2) is 0 Å². The summed E-state index contributed by atoms with van der Waals surface area (Å²) in [4.78, 5) is 72.0. The van der Waals surface area contributed by atoms with Gasteiger partial charge < -0.3 is 36.2 Å². The molecule has 0 bridgehead atoms. The van der Waals surface area contributed by atoms with Crippen molar-refractivity contribution in [2.45, 2.75) is 51.4 Å². The molecule has 0 heterocycles. The number of phenolic OH excluding ortho intramolecular Hbond substituents is 1. The number of carbonyl (C=O) groups excluding carboxylic acids is 5. The molecular formula is C36H44N6O6. The molecule has 4 rings (SSSR count). The van der Waals surface area contributed by atoms with E-state index in [0.717, 1.165) is 36.8 Å². The summed E-state index contributed by atoms with van der Waals surface area (Å²) in [6.45, 7) is -1.36. The highest BCUT2D eigenvalue weighted by molar-refractivity contribution is 5.91. The van der Waals surface area contributed by atoms with Crippen LogP contribution >= 0.6 is 0 Å². The van der Waals surface area contributed by atoms with Crippen molar-refractivity contribution < 1.29 is 29.1 Å². The van der Waals surface area contributed by atoms with Crippen molar-refractivity contribution in [3.63, 3.8) is 0 Å². The number of aromatic hydroxyl groups is 1. The minimum absolute atomic E-state index is 0.00612. The Labute approximate surface area is 280 Å². The van der Waals surface area contributed by atoms with E-state index in [1.807, 2.05) is 60.7 Å². The van der Waals surface area contributed by atoms with Crippen LogP contribution < -0.4 is 11.5 Å². The van der Waals surface area contributed by atoms with Crippen LogP contribution in [0.4, 0.5) is 0 Å². The molecule has 5 amide bonds. The fourth-order valence-electron chi connectivity index (χ4n) is 5.84. The maximum atomic E-state index is 14.1. The second kappa shape index (κ2) is 17.6. The normalized spacial score (nSPS) is 12.7. The maximum Gasteiger partial charge on any atom is 0.242 e. The van der Waals surface area contributed by atoms with Crippen LogP contribution in [0.1, 0.15) is 42.4 Å². The summed E-state index contributed by atoms with van der Waals surface area (Å²) in [5.41, 5.74) is 13.4. The Bertz CT molecular complexity index is 1530. The predicted molar refractivity (Wildman–Crippen MR) is 179 cm³/mol. The number of rotatable bonds is 16. The summed E-state index contributed by atoms with van der Waals surface area (Å²) < 4.78 is 0. The van der Waals surface area contributed by atoms with E-state index in [-0.39, 0.29) is 63.5 Å². The van der Waals surface area contributed by atoms with Gasteiger partial charge in [0, 0.05) is 25.7 Å². The summed E-state index contributed by atoms with van der Waals surface area (Å²) >= 11 is 0. The average molecular weight is 657 g/mol. The van der Waals surface area contributed by atoms with Crippen molar-refractivity contribution in [2.75, 3.05) is 32.7 Å². The van der Waals surface area contributed by atoms with Crippen LogP contribution in [-0.2, 0) is 43.6 Å². The smallest absolute Gasteiger partial charge is 0.242 e. The third-order valence-corrected chi connectivity index (χ3v) is 8.37. The Morgan fingerprint density at radius 1 is 0.583 bits per heavy atom. The lowest BCUT2D eigenvalue weighted by atomic mass is 10.1. The van der Waals surface area contributed by atoms with E-state index in [1.54, 1.807) is 12.1 Å². The van der Waals surface area contributed by atoms with Gasteiger partial charge in [-0.3, -0.25) is 24.0 Å². The average Bonchev–Trinajstić information content (AvgIpc) is 3.62. The molecule has 0 radical (unpaired) electrons. The molecule has 48 heavy (non-hydrogen) atoms. The van der Waals surface area contributed by atoms with Crippen molar-refractivity contribution >= 4 is 29.5 Å². The van der Waals surface area contributed by atoms with E-state index in [9.17, 15) is 29.1 Å². The quantitative estimate of drug-likeness (QED) is 0.212. The minimum Gasteiger partial charge on any atom is -0.508 e. The largest absolute Gasteiger partial charge is 0.508 e. The molecule has 1 fully saturated rings. The molecule has 1 aliphatic rings. The Morgan fingerprint density at radius 2 is 1.00 bits per heavy atom. The zero-order valence-electron chi connectivity index (χ0n) is 27.1. The van der Waals surface area contributed by atoms with Crippen molar-refractivity contribution in [1.82, 2.24) is 19.6 Å². The first-order chi connectivity index (χ1) is 23.1. The Hall–Kier alpha value is -5.23. The molecule has 0 unspecified atom stereocenters. The summed E-state index contributed by atoms with van der Waals surface area (Å²) in [6.07, 6.45) is 3.47. The van der Waals surface area contributed by atoms with Gasteiger partial charge in [-0.05, 0) is 41.7 Å². The number of primary amides is 1. The highest BCUT2D eigenvalue weighted by Gasteiger charge is 2.31. The number of carbonyl (C=O) groups is 5. The molecule has 3 aromatic carbocycles. The Balaban J connectivity index is 1.60. The molecule has 254 valence electrons. The molecule has 0 atom stereocenters. The van der Waals surface area contributed by atoms with E-state index in [2.05, 4.69) is 0 Å². The summed E-state index contributed by atoms with van der Waals surface area (Å²) in [7, 11) is 0. The molecule has 5 N–H and O–H groups in total. The number of phenols is 1. The van der Waals surface area contributed by atoms with Crippen LogP contribution in [0.25, 0.3) is 0 Å². The van der Waals surface area contributed by atoms with Crippen LogP contribution in [0, 0.1) is 0 Å². The highest BCUT2D eigenvalue weighted by atomic mass is 16.3. The van der Waals surface area contributed by atoms with Gasteiger partial charge in [0.05, 0.1) is 13.1 Å². The fraction of sp³-hybridized carbons (Fsp3) is 0.361. The molecule has 1 saturated carbocycles. The summed E-state index contributed by atoms with van der Waals surface area (Å²) in [5, 5.41) is 9.80. The van der Waals surface area contributed by atoms with Crippen molar-refractivity contribution in [1.29, 1.82) is 0 Å². The SMILES string of the molecule is NCC(=O)N(CC(=O)N(CC(=O)N(CC(=O)N(CC(N)=O)Cc1ccccc1)Cc1ccc(O)cc1)Cc1ccccc1)C1CCCC1. The van der Waals surface area contributed by atoms with Crippen molar-refractivity contribution in [3.05, 3.63) is 102 Å². The number of benzene rings is 3. The number of amides is 5. The highest BCUT2D eigenvalue weighted by Crippen LogP contribution is 2.24. The van der Waals surface area contributed by atoms with E-state index in [4.69, 9.17) is 11.5 Å². The van der Waals surface area contributed by atoms with Crippen LogP contribution in [0.3, 0.4) is 0 Å². The third-order valence-electron chi connectivity index (χ3n) is 8.37. The lowest BCUT2D eigenvalue weighted by molar-refractivity contribution is -0.147. The van der Waals surface area contributed by atoms with Gasteiger partial charge in [0.25, 0.3) is 0 Å². The molecule has 0 aromatic heterocycles. The van der Waals surface area contributed by atoms with Gasteiger partial charge in [-0.15, -0.1) is 0 Å². The molecule has 0 saturated heterocycles. The first-order valence-electron chi connectivity index (χ1n) is 16.1. The van der Waals surface area contributed by atoms with E-state index in [0.29, 0.717) is 5.56 Å². The van der Waals surface area contributed by atoms with Gasteiger partial charge in [0.1, 0.15) is 25.4 Å². The Kier molecular flexibility index (Phi) is 13.1. The van der Waals surface area contributed by atoms with Crippen LogP contribution in [0.5, 0.6) is 5.75 Å². The van der Waals surface area contributed by atoms with Crippen LogP contribution in [0.15, 0.2) is 84.9 Å². The molecular weight excluding hydrogens is 612 g/mol. The van der Waals surface area contributed by atoms with Gasteiger partial charge in [0.15, 0.2) is 0 Å². The van der Waals surface area contributed by atoms with E-state index in [1.165, 1.54) is 31.7 Å². The van der Waals surface area contributed by atoms with Gasteiger partial charge in [-0.1, -0.05) is 85.6 Å². The number of nitrogens with zero attached hydrogens (tertiary/aromatic N) is 4. The van der Waals surface area contributed by atoms with Crippen LogP contribution in [-0.4, -0.2) is 93.0 Å². The van der Waals surface area contributed by atoms with Gasteiger partial charge in [0.2, 0.25) is 29.5 Å². The van der Waals surface area contributed by atoms with Gasteiger partial charge in [-0.2, -0.15) is 0 Å². The summed E-state index contributed by atoms with van der Waals surface area (Å²) in [6, 6.07) is 24.4. The standard InChI is InChI=1S/C36H44N6O6/c37-19-33(45)42(30-13-7-8-14-30)26-36(48)41(21-28-11-5-2-6-12-28)25-35(47)40(22-29-15-17-31(43)18-16-29)24-34(46)39(23-32(38)44)20-27-9-3-1-4-10-27/h1-6,9-12,15-18,30,43H,7-8,13-14,19-26,37H2,(H2,38,44). The second-order valence-electron chi connectivity index (χ2n) is 12.0. The zero-order chi connectivity index (χ0) is 34.5. The second-order valence-corrected chi connectivity index (χ2v) is 12.0. The molecule has 12 nitrogen and oxygen atoms in total. The molecule has 3 aromatic rings. The molecule has 12 heteroatoms. The van der Waals surface area contributed by atoms with E-state index < -0.39 is 30.2 Å². The lowest BCUT2D eigenvalue weighted by Crippen LogP contribution is -2.51. The van der Waals surface area contributed by atoms with E-state index >= 15 is 0 Å². The third kappa shape index (κ3) is 10.7. The Morgan fingerprint density at radius 3 is 1.44 bits per heavy atom. The van der Waals surface area contributed by atoms with Crippen molar-refractivity contribution in [3.8, 4) is 5.75 Å². The van der Waals surface area contributed by atoms with Crippen LogP contribution in [0.2, 0.25) is 0 Å². The fourth-order valence-corrected chi connectivity index (χ4v) is 5.84. The zero-order valence-corrected chi connectivity index (χ0v) is 27.1. The maximum absolute atomic E-state index is 14.1. The lowest BCUT2D eigenvalue weighted by Gasteiger charge is -2.33. The minimum atomic E-state index is -0.700. The molecule has 0 aliphatic heterocycles. The number of hydrogen-bond acceptors (Lipinski definition) is 7. The first kappa shape index (κ1) is 35.6. The number of hydrogen-bond donors (Lipinski definition) is 3. The predicted octanol–water partition coefficient (Wildman–Crippen LogP) is 1.99. The van der Waals surface area contributed by atoms with Crippen molar-refractivity contribution in [2.24, 2.45) is 11.5 Å². The summed E-state index contributed by atoms with van der Waals surface area (Å²) in [5.74, 6) is -2.43. The van der Waals surface area contributed by atoms with Gasteiger partial charge >= 0.3 is 0 Å². The number of nitrogens with two attached hydrogens (primary N) is 2. The first-order valence-corrected chi connectivity index (χ1v) is 16.1.